The predicted octanol–water partition coefficient (Wildman–Crippen LogP) is 2.04. The number of hydrogen-bond donors (Lipinski definition) is 1. The highest BCUT2D eigenvalue weighted by molar-refractivity contribution is 14.2. The average molecular weight is 266 g/mol. The summed E-state index contributed by atoms with van der Waals surface area (Å²) in [5, 5.41) is 0. The Labute approximate surface area is 67.4 Å². The third kappa shape index (κ3) is 4.14. The largest absolute Gasteiger partial charge is 0.266 e. The molecule has 0 amide bonds. The zero-order chi connectivity index (χ0) is 6.62. The molecule has 0 aromatic heterocycles. The summed E-state index contributed by atoms with van der Waals surface area (Å²) < 4.78 is 11.1. The Morgan fingerprint density at radius 1 is 1.62 bits per heavy atom. The second-order valence-corrected chi connectivity index (χ2v) is 13.2. The molecule has 8 heavy (non-hydrogen) atoms. The monoisotopic (exact) mass is 266 g/mol. The van der Waals surface area contributed by atoms with Crippen molar-refractivity contribution in [1.29, 1.82) is 0 Å². The van der Waals surface area contributed by atoms with E-state index in [0.717, 1.165) is 11.5 Å². The lowest BCUT2D eigenvalue weighted by Crippen LogP contribution is -1.97. The molecule has 1 nitrogen and oxygen atoms in total. The molecule has 0 N–H and O–H groups in total. The molecule has 0 aromatic rings. The Hall–Kier alpha value is 1.23. The fraction of sp³-hybridized carbons (Fsp3) is 1.00. The molecule has 4 heteroatoms. The molecule has 0 radical (unpaired) electrons. The van der Waals surface area contributed by atoms with Crippen LogP contribution in [0.25, 0.3) is 0 Å². The Balaban J connectivity index is 3.55. The van der Waals surface area contributed by atoms with E-state index in [1.165, 1.54) is 0 Å². The Morgan fingerprint density at radius 2 is 2.12 bits per heavy atom. The molecule has 0 aliphatic heterocycles. The SMILES string of the molecule is CCS[SH](=O)(I)CC. The van der Waals surface area contributed by atoms with Crippen molar-refractivity contribution in [2.45, 2.75) is 13.8 Å². The van der Waals surface area contributed by atoms with E-state index in [1.54, 1.807) is 10.8 Å². The van der Waals surface area contributed by atoms with Crippen molar-refractivity contribution in [3.05, 3.63) is 0 Å². The second-order valence-electron chi connectivity index (χ2n) is 1.32. The Bertz CT molecular complexity index is 104. The maximum atomic E-state index is 11.1. The molecule has 0 heterocycles. The van der Waals surface area contributed by atoms with Gasteiger partial charge in [-0.1, -0.05) is 24.6 Å². The van der Waals surface area contributed by atoms with Gasteiger partial charge in [0, 0.05) is 32.7 Å². The quantitative estimate of drug-likeness (QED) is 0.364. The third-order valence-electron chi connectivity index (χ3n) is 0.700. The van der Waals surface area contributed by atoms with Crippen LogP contribution >= 0.6 is 32.0 Å². The van der Waals surface area contributed by atoms with Crippen LogP contribution in [0.15, 0.2) is 0 Å². The van der Waals surface area contributed by atoms with Crippen LogP contribution in [-0.2, 0) is 6.14 Å². The van der Waals surface area contributed by atoms with Crippen LogP contribution in [0.5, 0.6) is 0 Å². The van der Waals surface area contributed by atoms with Crippen LogP contribution in [0.2, 0.25) is 0 Å². The van der Waals surface area contributed by atoms with E-state index in [4.69, 9.17) is 0 Å². The van der Waals surface area contributed by atoms with Gasteiger partial charge in [0.15, 0.2) is 0 Å². The molecule has 0 aromatic carbocycles. The normalized spacial score (nSPS) is 13.9. The molecule has 0 atom stereocenters. The maximum Gasteiger partial charge on any atom is 0.0151 e. The summed E-state index contributed by atoms with van der Waals surface area (Å²) in [6.07, 6.45) is -1.79. The van der Waals surface area contributed by atoms with Crippen LogP contribution in [-0.4, -0.2) is 15.7 Å². The highest BCUT2D eigenvalue weighted by atomic mass is 127. The molecule has 52 valence electrons. The zero-order valence-corrected chi connectivity index (χ0v) is 8.92. The minimum Gasteiger partial charge on any atom is -0.266 e. The fourth-order valence-electron chi connectivity index (χ4n) is 0.284. The summed E-state index contributed by atoms with van der Waals surface area (Å²) >= 11 is 2.06. The van der Waals surface area contributed by atoms with Crippen LogP contribution in [0.3, 0.4) is 0 Å². The third-order valence-corrected chi connectivity index (χ3v) is 9.36. The molecular weight excluding hydrogens is 255 g/mol. The van der Waals surface area contributed by atoms with Gasteiger partial charge in [-0.15, -0.1) is 0 Å². The van der Waals surface area contributed by atoms with Gasteiger partial charge in [0.05, 0.1) is 0 Å². The van der Waals surface area contributed by atoms with Gasteiger partial charge in [-0.25, -0.2) is 0 Å². The van der Waals surface area contributed by atoms with E-state index in [0.29, 0.717) is 0 Å². The average Bonchev–Trinajstić information content (AvgIpc) is 1.67. The van der Waals surface area contributed by atoms with Gasteiger partial charge < -0.3 is 0 Å². The van der Waals surface area contributed by atoms with E-state index in [2.05, 4.69) is 21.2 Å². The lowest BCUT2D eigenvalue weighted by molar-refractivity contribution is 0.691. The summed E-state index contributed by atoms with van der Waals surface area (Å²) in [7, 11) is 1.58. The predicted molar refractivity (Wildman–Crippen MR) is 52.2 cm³/mol. The highest BCUT2D eigenvalue weighted by Crippen LogP contribution is 2.28. The molecule has 0 aliphatic carbocycles. The summed E-state index contributed by atoms with van der Waals surface area (Å²) in [4.78, 5) is 0. The van der Waals surface area contributed by atoms with Crippen molar-refractivity contribution in [1.82, 2.24) is 0 Å². The number of rotatable bonds is 3. The van der Waals surface area contributed by atoms with Crippen molar-refractivity contribution in [3.8, 4) is 0 Å². The van der Waals surface area contributed by atoms with Crippen molar-refractivity contribution in [3.63, 3.8) is 0 Å². The van der Waals surface area contributed by atoms with Gasteiger partial charge in [0.25, 0.3) is 0 Å². The van der Waals surface area contributed by atoms with Crippen LogP contribution in [0.4, 0.5) is 0 Å². The first-order valence-corrected chi connectivity index (χ1v) is 8.82. The lowest BCUT2D eigenvalue weighted by Gasteiger charge is -2.09. The minimum absolute atomic E-state index is 0.812. The van der Waals surface area contributed by atoms with E-state index in [-0.39, 0.29) is 0 Å². The van der Waals surface area contributed by atoms with E-state index in [9.17, 15) is 4.21 Å². The maximum absolute atomic E-state index is 11.1. The minimum atomic E-state index is -1.79. The smallest absolute Gasteiger partial charge is 0.0151 e. The van der Waals surface area contributed by atoms with Gasteiger partial charge >= 0.3 is 0 Å². The standard InChI is InChI=1S/C4H11IOS2/c1-3-7-8(5,6)4-2/h8H,3-4H2,1-2H3. The van der Waals surface area contributed by atoms with E-state index in [1.807, 2.05) is 13.8 Å². The summed E-state index contributed by atoms with van der Waals surface area (Å²) in [6.45, 7) is 4.00. The van der Waals surface area contributed by atoms with Crippen LogP contribution in [0, 0.1) is 0 Å². The zero-order valence-electron chi connectivity index (χ0n) is 5.06. The summed E-state index contributed by atoms with van der Waals surface area (Å²) in [6, 6.07) is 0. The first kappa shape index (κ1) is 9.23. The molecular formula is C4H11IOS2. The Kier molecular flexibility index (Phi) is 4.74. The van der Waals surface area contributed by atoms with Crippen LogP contribution in [0.1, 0.15) is 13.8 Å². The second kappa shape index (κ2) is 4.11. The lowest BCUT2D eigenvalue weighted by atomic mass is 11.0. The Morgan fingerprint density at radius 3 is 2.25 bits per heavy atom. The molecule has 0 aliphatic rings. The van der Waals surface area contributed by atoms with Gasteiger partial charge in [-0.2, -0.15) is 0 Å². The summed E-state index contributed by atoms with van der Waals surface area (Å²) in [5.74, 6) is 1.78. The topological polar surface area (TPSA) is 17.1 Å². The molecule has 0 bridgehead atoms. The number of halogens is 1. The molecule has 0 unspecified atom stereocenters. The van der Waals surface area contributed by atoms with E-state index < -0.39 is 6.14 Å². The van der Waals surface area contributed by atoms with Gasteiger partial charge in [-0.3, -0.25) is 4.21 Å². The van der Waals surface area contributed by atoms with Crippen LogP contribution < -0.4 is 0 Å². The molecule has 0 fully saturated rings. The van der Waals surface area contributed by atoms with Crippen molar-refractivity contribution in [2.24, 2.45) is 0 Å². The summed E-state index contributed by atoms with van der Waals surface area (Å²) in [5.41, 5.74) is 0. The molecule has 0 saturated heterocycles. The number of hydrogen-bond acceptors (Lipinski definition) is 2. The first-order chi connectivity index (χ1) is 3.62. The molecule has 0 spiro atoms. The van der Waals surface area contributed by atoms with Gasteiger partial charge in [0.2, 0.25) is 0 Å². The molecule has 0 saturated carbocycles. The molecule has 0 rings (SSSR count). The van der Waals surface area contributed by atoms with Gasteiger partial charge in [-0.05, 0) is 6.14 Å². The van der Waals surface area contributed by atoms with Gasteiger partial charge in [0.1, 0.15) is 0 Å². The van der Waals surface area contributed by atoms with Crippen molar-refractivity contribution < 1.29 is 4.21 Å². The van der Waals surface area contributed by atoms with Crippen molar-refractivity contribution >= 4 is 38.1 Å². The number of thiol groups is 1. The van der Waals surface area contributed by atoms with Crippen molar-refractivity contribution in [2.75, 3.05) is 11.5 Å². The highest BCUT2D eigenvalue weighted by Gasteiger charge is 2.04. The first-order valence-electron chi connectivity index (χ1n) is 2.55. The fourth-order valence-corrected chi connectivity index (χ4v) is 5.06. The van der Waals surface area contributed by atoms with E-state index >= 15 is 0 Å².